The maximum Gasteiger partial charge on any atom is 0.261 e. The Hall–Kier alpha value is -3.60. The van der Waals surface area contributed by atoms with Crippen molar-refractivity contribution >= 4 is 26.6 Å². The molecule has 0 radical (unpaired) electrons. The van der Waals surface area contributed by atoms with Crippen LogP contribution < -0.4 is 19.5 Å². The smallest absolute Gasteiger partial charge is 0.261 e. The summed E-state index contributed by atoms with van der Waals surface area (Å²) in [4.78, 5) is 0.174. The number of aliphatic hydroxyl groups excluding tert-OH is 1. The van der Waals surface area contributed by atoms with E-state index in [-0.39, 0.29) is 11.4 Å². The Morgan fingerprint density at radius 3 is 2.68 bits per heavy atom. The van der Waals surface area contributed by atoms with Crippen LogP contribution in [0.4, 0.5) is 5.69 Å². The molecule has 3 aromatic carbocycles. The van der Waals surface area contributed by atoms with Crippen molar-refractivity contribution in [2.45, 2.75) is 11.0 Å². The third-order valence-electron chi connectivity index (χ3n) is 5.16. The van der Waals surface area contributed by atoms with Gasteiger partial charge in [-0.2, -0.15) is 0 Å². The number of aromatic nitrogens is 2. The number of anilines is 1. The van der Waals surface area contributed by atoms with E-state index in [2.05, 4.69) is 20.2 Å². The van der Waals surface area contributed by atoms with Gasteiger partial charge in [0.1, 0.15) is 12.4 Å². The Labute approximate surface area is 197 Å². The van der Waals surface area contributed by atoms with E-state index >= 15 is 0 Å². The van der Waals surface area contributed by atoms with Gasteiger partial charge in [-0.3, -0.25) is 9.82 Å². The maximum absolute atomic E-state index is 12.5. The largest absolute Gasteiger partial charge is 0.492 e. The summed E-state index contributed by atoms with van der Waals surface area (Å²) < 4.78 is 38.5. The molecule has 1 atom stereocenters. The molecule has 0 saturated carbocycles. The van der Waals surface area contributed by atoms with E-state index in [9.17, 15) is 13.5 Å². The number of hydrogen-bond acceptors (Lipinski definition) is 7. The Morgan fingerprint density at radius 2 is 1.88 bits per heavy atom. The standard InChI is InChI=1S/C24H26N4O5S/c1-32-24-21-11-10-19(15-22(21)26-27-24)33-13-12-25-16-23(29)17-6-5-7-18(14-17)28-34(30,31)20-8-3-2-4-9-20/h2-11,14-15,23,25,28-29H,12-13,16H2,1H3,(H,26,27). The van der Waals surface area contributed by atoms with Crippen LogP contribution >= 0.6 is 0 Å². The fraction of sp³-hybridized carbons (Fsp3) is 0.208. The first kappa shape index (κ1) is 23.6. The van der Waals surface area contributed by atoms with Crippen molar-refractivity contribution in [1.82, 2.24) is 15.5 Å². The number of H-pyrrole nitrogens is 1. The lowest BCUT2D eigenvalue weighted by molar-refractivity contribution is 0.172. The van der Waals surface area contributed by atoms with Gasteiger partial charge in [0.05, 0.1) is 29.0 Å². The molecule has 10 heteroatoms. The molecule has 0 aliphatic rings. The summed E-state index contributed by atoms with van der Waals surface area (Å²) in [5.41, 5.74) is 1.80. The zero-order valence-corrected chi connectivity index (χ0v) is 19.4. The molecule has 4 N–H and O–H groups in total. The van der Waals surface area contributed by atoms with Crippen molar-refractivity contribution in [3.8, 4) is 11.6 Å². The average molecular weight is 483 g/mol. The molecule has 1 heterocycles. The number of rotatable bonds is 11. The van der Waals surface area contributed by atoms with Crippen LogP contribution in [0.5, 0.6) is 11.6 Å². The van der Waals surface area contributed by atoms with Gasteiger partial charge in [-0.1, -0.05) is 30.3 Å². The van der Waals surface area contributed by atoms with Gasteiger partial charge in [0, 0.05) is 24.8 Å². The van der Waals surface area contributed by atoms with Gasteiger partial charge < -0.3 is 19.9 Å². The summed E-state index contributed by atoms with van der Waals surface area (Å²) in [6.07, 6.45) is -0.810. The fourth-order valence-electron chi connectivity index (χ4n) is 3.44. The summed E-state index contributed by atoms with van der Waals surface area (Å²) in [6.45, 7) is 1.21. The van der Waals surface area contributed by atoms with E-state index in [4.69, 9.17) is 9.47 Å². The van der Waals surface area contributed by atoms with Gasteiger partial charge in [0.2, 0.25) is 5.88 Å². The molecule has 0 aliphatic heterocycles. The molecule has 4 rings (SSSR count). The highest BCUT2D eigenvalue weighted by atomic mass is 32.2. The molecular formula is C24H26N4O5S. The lowest BCUT2D eigenvalue weighted by Crippen LogP contribution is -2.26. The highest BCUT2D eigenvalue weighted by Gasteiger charge is 2.15. The molecule has 34 heavy (non-hydrogen) atoms. The van der Waals surface area contributed by atoms with Gasteiger partial charge in [0.25, 0.3) is 10.0 Å². The van der Waals surface area contributed by atoms with Crippen LogP contribution in [-0.4, -0.2) is 50.5 Å². The second-order valence-electron chi connectivity index (χ2n) is 7.55. The molecule has 0 spiro atoms. The number of fused-ring (bicyclic) bond motifs is 1. The number of nitrogens with zero attached hydrogens (tertiary/aromatic N) is 1. The lowest BCUT2D eigenvalue weighted by atomic mass is 10.1. The van der Waals surface area contributed by atoms with Gasteiger partial charge in [-0.25, -0.2) is 8.42 Å². The molecule has 0 saturated heterocycles. The Balaban J connectivity index is 1.26. The van der Waals surface area contributed by atoms with Crippen LogP contribution in [0, 0.1) is 0 Å². The summed E-state index contributed by atoms with van der Waals surface area (Å²) in [6, 6.07) is 20.4. The van der Waals surface area contributed by atoms with Crippen molar-refractivity contribution in [1.29, 1.82) is 0 Å². The van der Waals surface area contributed by atoms with Crippen LogP contribution in [0.15, 0.2) is 77.7 Å². The zero-order valence-electron chi connectivity index (χ0n) is 18.6. The van der Waals surface area contributed by atoms with Crippen molar-refractivity contribution in [2.24, 2.45) is 0 Å². The summed E-state index contributed by atoms with van der Waals surface area (Å²) in [7, 11) is -2.13. The van der Waals surface area contributed by atoms with Crippen molar-refractivity contribution < 1.29 is 23.0 Å². The maximum atomic E-state index is 12.5. The van der Waals surface area contributed by atoms with Crippen LogP contribution in [0.25, 0.3) is 10.9 Å². The van der Waals surface area contributed by atoms with Gasteiger partial charge in [-0.15, -0.1) is 5.10 Å². The monoisotopic (exact) mass is 482 g/mol. The van der Waals surface area contributed by atoms with Crippen molar-refractivity contribution in [3.05, 3.63) is 78.4 Å². The molecule has 178 valence electrons. The van der Waals surface area contributed by atoms with Crippen LogP contribution in [0.2, 0.25) is 0 Å². The number of aromatic amines is 1. The van der Waals surface area contributed by atoms with Crippen LogP contribution in [-0.2, 0) is 10.0 Å². The summed E-state index contributed by atoms with van der Waals surface area (Å²) in [5, 5.41) is 21.5. The fourth-order valence-corrected chi connectivity index (χ4v) is 4.51. The third-order valence-corrected chi connectivity index (χ3v) is 6.55. The molecule has 0 bridgehead atoms. The second-order valence-corrected chi connectivity index (χ2v) is 9.24. The first-order chi connectivity index (χ1) is 16.5. The van der Waals surface area contributed by atoms with E-state index in [0.717, 1.165) is 10.9 Å². The van der Waals surface area contributed by atoms with E-state index in [0.29, 0.717) is 36.0 Å². The minimum Gasteiger partial charge on any atom is -0.492 e. The number of hydrogen-bond donors (Lipinski definition) is 4. The van der Waals surface area contributed by atoms with Gasteiger partial charge in [0.15, 0.2) is 0 Å². The van der Waals surface area contributed by atoms with E-state index in [1.165, 1.54) is 12.1 Å². The summed E-state index contributed by atoms with van der Waals surface area (Å²) >= 11 is 0. The highest BCUT2D eigenvalue weighted by Crippen LogP contribution is 2.26. The SMILES string of the molecule is COc1n[nH]c2cc(OCCNCC(O)c3cccc(NS(=O)(=O)c4ccccc4)c3)ccc12. The van der Waals surface area contributed by atoms with Crippen LogP contribution in [0.1, 0.15) is 11.7 Å². The van der Waals surface area contributed by atoms with Crippen molar-refractivity contribution in [3.63, 3.8) is 0 Å². The van der Waals surface area contributed by atoms with E-state index in [1.807, 2.05) is 18.2 Å². The van der Waals surface area contributed by atoms with E-state index in [1.54, 1.807) is 49.6 Å². The average Bonchev–Trinajstić information content (AvgIpc) is 3.26. The number of ether oxygens (including phenoxy) is 2. The van der Waals surface area contributed by atoms with Crippen LogP contribution in [0.3, 0.4) is 0 Å². The zero-order chi connectivity index (χ0) is 24.0. The first-order valence-electron chi connectivity index (χ1n) is 10.7. The molecule has 0 amide bonds. The minimum atomic E-state index is -3.70. The number of methoxy groups -OCH3 is 1. The lowest BCUT2D eigenvalue weighted by Gasteiger charge is -2.15. The third kappa shape index (κ3) is 5.66. The Morgan fingerprint density at radius 1 is 1.06 bits per heavy atom. The number of nitrogens with one attached hydrogen (secondary N) is 3. The number of sulfonamides is 1. The minimum absolute atomic E-state index is 0.174. The molecule has 0 aliphatic carbocycles. The summed E-state index contributed by atoms with van der Waals surface area (Å²) in [5.74, 6) is 1.23. The number of benzene rings is 3. The molecule has 4 aromatic rings. The molecular weight excluding hydrogens is 456 g/mol. The normalized spacial score (nSPS) is 12.4. The van der Waals surface area contributed by atoms with Crippen molar-refractivity contribution in [2.75, 3.05) is 31.5 Å². The second kappa shape index (κ2) is 10.6. The molecule has 1 unspecified atom stereocenters. The predicted octanol–water partition coefficient (Wildman–Crippen LogP) is 3.07. The predicted molar refractivity (Wildman–Crippen MR) is 130 cm³/mol. The Kier molecular flexibility index (Phi) is 7.31. The van der Waals surface area contributed by atoms with Gasteiger partial charge in [-0.05, 0) is 42.0 Å². The number of aliphatic hydroxyl groups is 1. The molecule has 1 aromatic heterocycles. The van der Waals surface area contributed by atoms with Gasteiger partial charge >= 0.3 is 0 Å². The highest BCUT2D eigenvalue weighted by molar-refractivity contribution is 7.92. The van der Waals surface area contributed by atoms with E-state index < -0.39 is 16.1 Å². The topological polar surface area (TPSA) is 126 Å². The first-order valence-corrected chi connectivity index (χ1v) is 12.2. The molecule has 9 nitrogen and oxygen atoms in total. The molecule has 0 fully saturated rings. The Bertz CT molecular complexity index is 1340. The quantitative estimate of drug-likeness (QED) is 0.242.